The molecule has 5 nitrogen and oxygen atoms in total. The number of thioether (sulfide) groups is 1. The van der Waals surface area contributed by atoms with Crippen LogP contribution in [0.2, 0.25) is 0 Å². The molecule has 8 heteroatoms. The van der Waals surface area contributed by atoms with E-state index in [1.807, 2.05) is 54.6 Å². The number of carbonyl (C=O) groups excluding carboxylic acids is 1. The maximum absolute atomic E-state index is 12.5. The van der Waals surface area contributed by atoms with Crippen LogP contribution in [0.1, 0.15) is 16.7 Å². The number of rotatable bonds is 6. The lowest BCUT2D eigenvalue weighted by molar-refractivity contribution is -0.115. The quantitative estimate of drug-likeness (QED) is 0.315. The molecule has 1 amide bonds. The molecular weight excluding hydrogens is 568 g/mol. The van der Waals surface area contributed by atoms with E-state index in [9.17, 15) is 4.79 Å². The first kappa shape index (κ1) is 23.6. The van der Waals surface area contributed by atoms with Gasteiger partial charge in [0.05, 0.1) is 26.6 Å². The summed E-state index contributed by atoms with van der Waals surface area (Å²) in [4.78, 5) is 17.5. The Hall–Kier alpha value is -2.55. The molecule has 1 fully saturated rings. The van der Waals surface area contributed by atoms with Crippen molar-refractivity contribution in [2.75, 3.05) is 7.11 Å². The summed E-state index contributed by atoms with van der Waals surface area (Å²) in [5.41, 5.74) is 3.89. The van der Waals surface area contributed by atoms with Gasteiger partial charge >= 0.3 is 0 Å². The zero-order valence-corrected chi connectivity index (χ0v) is 21.9. The fraction of sp³-hybridized carbons (Fsp3) is 0.120. The second kappa shape index (κ2) is 10.6. The van der Waals surface area contributed by atoms with Gasteiger partial charge in [-0.1, -0.05) is 29.8 Å². The van der Waals surface area contributed by atoms with E-state index in [2.05, 4.69) is 61.2 Å². The van der Waals surface area contributed by atoms with Crippen molar-refractivity contribution in [1.29, 1.82) is 0 Å². The third-order valence-corrected chi connectivity index (χ3v) is 6.83. The number of amidine groups is 1. The highest BCUT2D eigenvalue weighted by Gasteiger charge is 2.24. The molecule has 0 aliphatic carbocycles. The van der Waals surface area contributed by atoms with Crippen molar-refractivity contribution in [3.8, 4) is 11.5 Å². The Morgan fingerprint density at radius 3 is 2.45 bits per heavy atom. The highest BCUT2D eigenvalue weighted by atomic mass is 79.9. The van der Waals surface area contributed by atoms with Crippen molar-refractivity contribution in [2.24, 2.45) is 4.99 Å². The maximum atomic E-state index is 12.5. The molecule has 3 aromatic rings. The van der Waals surface area contributed by atoms with Gasteiger partial charge in [0.25, 0.3) is 5.91 Å². The molecular formula is C25H20Br2N2O3S. The molecule has 0 spiro atoms. The van der Waals surface area contributed by atoms with E-state index in [0.29, 0.717) is 22.4 Å². The number of ether oxygens (including phenoxy) is 2. The van der Waals surface area contributed by atoms with Crippen LogP contribution in [0.15, 0.2) is 79.5 Å². The van der Waals surface area contributed by atoms with E-state index < -0.39 is 0 Å². The number of carbonyl (C=O) groups is 1. The molecule has 4 rings (SSSR count). The van der Waals surface area contributed by atoms with E-state index in [-0.39, 0.29) is 5.91 Å². The smallest absolute Gasteiger partial charge is 0.264 e. The first-order valence-electron chi connectivity index (χ1n) is 10.0. The minimum absolute atomic E-state index is 0.181. The van der Waals surface area contributed by atoms with Crippen molar-refractivity contribution >= 4 is 66.5 Å². The number of hydrogen-bond acceptors (Lipinski definition) is 5. The number of nitrogens with one attached hydrogen (secondary N) is 1. The number of aryl methyl sites for hydroxylation is 1. The second-order valence-corrected chi connectivity index (χ2v) is 10.0. The summed E-state index contributed by atoms with van der Waals surface area (Å²) in [7, 11) is 1.62. The Balaban J connectivity index is 1.49. The minimum Gasteiger partial charge on any atom is -0.497 e. The molecule has 33 heavy (non-hydrogen) atoms. The summed E-state index contributed by atoms with van der Waals surface area (Å²) in [6.07, 6.45) is 1.83. The Kier molecular flexibility index (Phi) is 7.57. The van der Waals surface area contributed by atoms with E-state index >= 15 is 0 Å². The topological polar surface area (TPSA) is 59.9 Å². The molecule has 1 N–H and O–H groups in total. The van der Waals surface area contributed by atoms with Gasteiger partial charge in [0.2, 0.25) is 0 Å². The van der Waals surface area contributed by atoms with Gasteiger partial charge in [-0.25, -0.2) is 4.99 Å². The van der Waals surface area contributed by atoms with Crippen molar-refractivity contribution < 1.29 is 14.3 Å². The van der Waals surface area contributed by atoms with Gasteiger partial charge < -0.3 is 14.8 Å². The SMILES string of the molecule is COc1ccc(N=C2NC(=O)/C(=C\c3cc(Br)c(OCc4cccc(C)c4)c(Br)c3)S2)cc1. The van der Waals surface area contributed by atoms with Gasteiger partial charge in [0, 0.05) is 0 Å². The number of halogens is 2. The van der Waals surface area contributed by atoms with Crippen LogP contribution in [-0.4, -0.2) is 18.2 Å². The van der Waals surface area contributed by atoms with Gasteiger partial charge in [0.15, 0.2) is 5.17 Å². The number of nitrogens with zero attached hydrogens (tertiary/aromatic N) is 1. The standard InChI is InChI=1S/C25H20Br2N2O3S/c1-15-4-3-5-16(10-15)14-32-23-20(26)11-17(12-21(23)27)13-22-24(30)29-25(33-22)28-18-6-8-19(31-2)9-7-18/h3-13H,14H2,1-2H3,(H,28,29,30)/b22-13+. The molecule has 168 valence electrons. The molecule has 1 aliphatic rings. The number of aliphatic imine (C=N–C) groups is 1. The van der Waals surface area contributed by atoms with Gasteiger partial charge in [0.1, 0.15) is 18.1 Å². The predicted molar refractivity (Wildman–Crippen MR) is 141 cm³/mol. The van der Waals surface area contributed by atoms with Crippen LogP contribution >= 0.6 is 43.6 Å². The highest BCUT2D eigenvalue weighted by Crippen LogP contribution is 2.37. The Bertz CT molecular complexity index is 1230. The number of benzene rings is 3. The summed E-state index contributed by atoms with van der Waals surface area (Å²) in [5.74, 6) is 1.29. The second-order valence-electron chi connectivity index (χ2n) is 7.27. The first-order chi connectivity index (χ1) is 15.9. The van der Waals surface area contributed by atoms with Gasteiger partial charge in [-0.2, -0.15) is 0 Å². The van der Waals surface area contributed by atoms with Crippen molar-refractivity contribution in [1.82, 2.24) is 5.32 Å². The Morgan fingerprint density at radius 1 is 1.06 bits per heavy atom. The fourth-order valence-electron chi connectivity index (χ4n) is 3.16. The molecule has 1 heterocycles. The van der Waals surface area contributed by atoms with Crippen LogP contribution in [0, 0.1) is 6.92 Å². The Labute approximate surface area is 213 Å². The van der Waals surface area contributed by atoms with Crippen LogP contribution in [0.4, 0.5) is 5.69 Å². The lowest BCUT2D eigenvalue weighted by Crippen LogP contribution is -2.19. The predicted octanol–water partition coefficient (Wildman–Crippen LogP) is 7.00. The molecule has 3 aromatic carbocycles. The monoisotopic (exact) mass is 586 g/mol. The van der Waals surface area contributed by atoms with Crippen LogP contribution in [0.5, 0.6) is 11.5 Å². The van der Waals surface area contributed by atoms with Crippen molar-refractivity contribution in [3.63, 3.8) is 0 Å². The van der Waals surface area contributed by atoms with E-state index in [0.717, 1.165) is 31.5 Å². The Morgan fingerprint density at radius 2 is 1.79 bits per heavy atom. The van der Waals surface area contributed by atoms with E-state index in [1.165, 1.54) is 17.3 Å². The van der Waals surface area contributed by atoms with Gasteiger partial charge in [-0.15, -0.1) is 0 Å². The molecule has 1 saturated heterocycles. The molecule has 0 aromatic heterocycles. The zero-order valence-electron chi connectivity index (χ0n) is 17.9. The average molecular weight is 588 g/mol. The van der Waals surface area contributed by atoms with Gasteiger partial charge in [-0.3, -0.25) is 4.79 Å². The van der Waals surface area contributed by atoms with E-state index in [4.69, 9.17) is 9.47 Å². The molecule has 1 aliphatic heterocycles. The molecule has 0 atom stereocenters. The summed E-state index contributed by atoms with van der Waals surface area (Å²) in [5, 5.41) is 3.35. The summed E-state index contributed by atoms with van der Waals surface area (Å²) in [6.45, 7) is 2.52. The number of amides is 1. The maximum Gasteiger partial charge on any atom is 0.264 e. The molecule has 0 bridgehead atoms. The zero-order chi connectivity index (χ0) is 23.4. The highest BCUT2D eigenvalue weighted by molar-refractivity contribution is 9.11. The van der Waals surface area contributed by atoms with Gasteiger partial charge in [-0.05, 0) is 104 Å². The third-order valence-electron chi connectivity index (χ3n) is 4.74. The fourth-order valence-corrected chi connectivity index (χ4v) is 5.46. The molecule has 0 saturated carbocycles. The lowest BCUT2D eigenvalue weighted by Gasteiger charge is -2.12. The summed E-state index contributed by atoms with van der Waals surface area (Å²) < 4.78 is 12.8. The third kappa shape index (κ3) is 6.07. The lowest BCUT2D eigenvalue weighted by atomic mass is 10.1. The minimum atomic E-state index is -0.181. The summed E-state index contributed by atoms with van der Waals surface area (Å²) >= 11 is 8.49. The first-order valence-corrected chi connectivity index (χ1v) is 12.4. The van der Waals surface area contributed by atoms with Crippen LogP contribution < -0.4 is 14.8 Å². The van der Waals surface area contributed by atoms with Crippen molar-refractivity contribution in [3.05, 3.63) is 91.2 Å². The largest absolute Gasteiger partial charge is 0.497 e. The summed E-state index contributed by atoms with van der Waals surface area (Å²) in [6, 6.07) is 19.4. The average Bonchev–Trinajstić information content (AvgIpc) is 3.12. The normalized spacial score (nSPS) is 15.7. The van der Waals surface area contributed by atoms with Crippen LogP contribution in [0.3, 0.4) is 0 Å². The number of hydrogen-bond donors (Lipinski definition) is 1. The van der Waals surface area contributed by atoms with Crippen LogP contribution in [0.25, 0.3) is 6.08 Å². The number of methoxy groups -OCH3 is 1. The van der Waals surface area contributed by atoms with Crippen molar-refractivity contribution in [2.45, 2.75) is 13.5 Å². The van der Waals surface area contributed by atoms with Crippen LogP contribution in [-0.2, 0) is 11.4 Å². The molecule has 0 unspecified atom stereocenters. The molecule has 0 radical (unpaired) electrons. The van der Waals surface area contributed by atoms with E-state index in [1.54, 1.807) is 7.11 Å².